The Morgan fingerprint density at radius 1 is 1.36 bits per heavy atom. The summed E-state index contributed by atoms with van der Waals surface area (Å²) in [5.74, 6) is 0.164. The van der Waals surface area contributed by atoms with Gasteiger partial charge in [0.1, 0.15) is 5.69 Å². The van der Waals surface area contributed by atoms with Crippen LogP contribution in [0.3, 0.4) is 0 Å². The molecule has 1 amide bonds. The predicted octanol–water partition coefficient (Wildman–Crippen LogP) is 1.85. The van der Waals surface area contributed by atoms with E-state index in [1.807, 2.05) is 36.5 Å². The number of allylic oxidation sites excluding steroid dienone is 1. The Morgan fingerprint density at radius 2 is 2.18 bits per heavy atom. The average Bonchev–Trinajstić information content (AvgIpc) is 3.30. The summed E-state index contributed by atoms with van der Waals surface area (Å²) < 4.78 is 1.78. The number of rotatable bonds is 6. The molecule has 1 saturated carbocycles. The van der Waals surface area contributed by atoms with Crippen LogP contribution in [-0.2, 0) is 11.3 Å². The molecule has 6 heteroatoms. The van der Waals surface area contributed by atoms with E-state index in [1.54, 1.807) is 16.8 Å². The summed E-state index contributed by atoms with van der Waals surface area (Å²) in [6.07, 6.45) is 8.87. The first-order valence-corrected chi connectivity index (χ1v) is 7.25. The van der Waals surface area contributed by atoms with Gasteiger partial charge in [0, 0.05) is 12.1 Å². The first-order valence-electron chi connectivity index (χ1n) is 7.25. The predicted molar refractivity (Wildman–Crippen MR) is 84.0 cm³/mol. The van der Waals surface area contributed by atoms with Gasteiger partial charge in [-0.15, -0.1) is 5.10 Å². The van der Waals surface area contributed by atoms with Crippen LogP contribution in [0, 0.1) is 5.92 Å². The van der Waals surface area contributed by atoms with Gasteiger partial charge in [0.25, 0.3) is 0 Å². The molecule has 0 bridgehead atoms. The fraction of sp³-hybridized carbons (Fsp3) is 0.250. The quantitative estimate of drug-likeness (QED) is 0.653. The number of amides is 1. The first kappa shape index (κ1) is 14.2. The molecule has 6 nitrogen and oxygen atoms in total. The SMILES string of the molecule is O=C(N/N=C/C=C/c1cn(Cc2ccccc2)nn1)C1CC1. The first-order chi connectivity index (χ1) is 10.8. The van der Waals surface area contributed by atoms with Crippen molar-refractivity contribution in [1.82, 2.24) is 20.4 Å². The number of hydrogen-bond acceptors (Lipinski definition) is 4. The second kappa shape index (κ2) is 6.80. The van der Waals surface area contributed by atoms with Crippen molar-refractivity contribution < 1.29 is 4.79 Å². The molecule has 0 radical (unpaired) electrons. The van der Waals surface area contributed by atoms with E-state index < -0.39 is 0 Å². The summed E-state index contributed by atoms with van der Waals surface area (Å²) in [6, 6.07) is 10.1. The van der Waals surface area contributed by atoms with Gasteiger partial charge in [-0.3, -0.25) is 4.79 Å². The van der Waals surface area contributed by atoms with Crippen LogP contribution in [0.25, 0.3) is 6.08 Å². The zero-order valence-corrected chi connectivity index (χ0v) is 12.1. The Bertz CT molecular complexity index is 686. The lowest BCUT2D eigenvalue weighted by atomic mass is 10.2. The smallest absolute Gasteiger partial charge is 0.243 e. The minimum absolute atomic E-state index is 0.00143. The van der Waals surface area contributed by atoms with Gasteiger partial charge in [-0.25, -0.2) is 10.1 Å². The Labute approximate surface area is 128 Å². The molecule has 0 saturated heterocycles. The molecule has 0 spiro atoms. The monoisotopic (exact) mass is 295 g/mol. The third-order valence-electron chi connectivity index (χ3n) is 3.29. The minimum Gasteiger partial charge on any atom is -0.273 e. The summed E-state index contributed by atoms with van der Waals surface area (Å²) >= 11 is 0. The molecule has 1 aromatic heterocycles. The number of hydrogen-bond donors (Lipinski definition) is 1. The van der Waals surface area contributed by atoms with Crippen molar-refractivity contribution in [2.45, 2.75) is 19.4 Å². The number of benzene rings is 1. The molecule has 1 aliphatic rings. The molecule has 22 heavy (non-hydrogen) atoms. The van der Waals surface area contributed by atoms with Crippen LogP contribution in [0.1, 0.15) is 24.1 Å². The second-order valence-electron chi connectivity index (χ2n) is 5.21. The highest BCUT2D eigenvalue weighted by Gasteiger charge is 2.29. The number of nitrogens with one attached hydrogen (secondary N) is 1. The van der Waals surface area contributed by atoms with E-state index in [4.69, 9.17) is 0 Å². The molecule has 1 fully saturated rings. The van der Waals surface area contributed by atoms with Crippen molar-refractivity contribution in [3.63, 3.8) is 0 Å². The van der Waals surface area contributed by atoms with E-state index in [2.05, 4.69) is 20.8 Å². The molecular weight excluding hydrogens is 278 g/mol. The highest BCUT2D eigenvalue weighted by atomic mass is 16.2. The van der Waals surface area contributed by atoms with E-state index in [0.717, 1.165) is 18.5 Å². The van der Waals surface area contributed by atoms with Gasteiger partial charge in [0.15, 0.2) is 0 Å². The van der Waals surface area contributed by atoms with Gasteiger partial charge in [0.2, 0.25) is 5.91 Å². The Hall–Kier alpha value is -2.76. The van der Waals surface area contributed by atoms with E-state index >= 15 is 0 Å². The van der Waals surface area contributed by atoms with Crippen LogP contribution >= 0.6 is 0 Å². The van der Waals surface area contributed by atoms with Crippen molar-refractivity contribution in [1.29, 1.82) is 0 Å². The lowest BCUT2D eigenvalue weighted by Crippen LogP contribution is -2.18. The van der Waals surface area contributed by atoms with Crippen molar-refractivity contribution in [3.05, 3.63) is 53.9 Å². The molecule has 1 aliphatic carbocycles. The van der Waals surface area contributed by atoms with Crippen molar-refractivity contribution >= 4 is 18.2 Å². The normalized spacial score (nSPS) is 14.7. The van der Waals surface area contributed by atoms with E-state index in [-0.39, 0.29) is 11.8 Å². The topological polar surface area (TPSA) is 72.2 Å². The van der Waals surface area contributed by atoms with Gasteiger partial charge < -0.3 is 0 Å². The maximum Gasteiger partial charge on any atom is 0.243 e. The van der Waals surface area contributed by atoms with Gasteiger partial charge in [-0.2, -0.15) is 5.10 Å². The fourth-order valence-electron chi connectivity index (χ4n) is 1.96. The third-order valence-corrected chi connectivity index (χ3v) is 3.29. The number of carbonyl (C=O) groups is 1. The summed E-state index contributed by atoms with van der Waals surface area (Å²) in [7, 11) is 0. The Balaban J connectivity index is 1.49. The fourth-order valence-corrected chi connectivity index (χ4v) is 1.96. The number of nitrogens with zero attached hydrogens (tertiary/aromatic N) is 4. The van der Waals surface area contributed by atoms with Crippen molar-refractivity contribution in [2.75, 3.05) is 0 Å². The average molecular weight is 295 g/mol. The maximum absolute atomic E-state index is 11.3. The molecule has 0 atom stereocenters. The molecule has 1 aromatic carbocycles. The van der Waals surface area contributed by atoms with Gasteiger partial charge >= 0.3 is 0 Å². The Kier molecular flexibility index (Phi) is 4.38. The highest BCUT2D eigenvalue weighted by Crippen LogP contribution is 2.28. The summed E-state index contributed by atoms with van der Waals surface area (Å²) in [5.41, 5.74) is 4.43. The summed E-state index contributed by atoms with van der Waals surface area (Å²) in [6.45, 7) is 0.688. The van der Waals surface area contributed by atoms with E-state index in [0.29, 0.717) is 6.54 Å². The van der Waals surface area contributed by atoms with Crippen LogP contribution < -0.4 is 5.43 Å². The molecule has 1 N–H and O–H groups in total. The van der Waals surface area contributed by atoms with Crippen molar-refractivity contribution in [2.24, 2.45) is 11.0 Å². The van der Waals surface area contributed by atoms with Crippen molar-refractivity contribution in [3.8, 4) is 0 Å². The van der Waals surface area contributed by atoms with Gasteiger partial charge in [-0.05, 0) is 30.6 Å². The maximum atomic E-state index is 11.3. The van der Waals surface area contributed by atoms with Crippen LogP contribution in [0.4, 0.5) is 0 Å². The number of aromatic nitrogens is 3. The van der Waals surface area contributed by atoms with E-state index in [9.17, 15) is 4.79 Å². The molecule has 1 heterocycles. The summed E-state index contributed by atoms with van der Waals surface area (Å²) in [5, 5.41) is 12.0. The van der Waals surface area contributed by atoms with Crippen LogP contribution in [-0.4, -0.2) is 27.1 Å². The molecular formula is C16H17N5O. The van der Waals surface area contributed by atoms with Crippen LogP contribution in [0.2, 0.25) is 0 Å². The van der Waals surface area contributed by atoms with Gasteiger partial charge in [-0.1, -0.05) is 35.5 Å². The lowest BCUT2D eigenvalue weighted by Gasteiger charge is -1.98. The zero-order valence-electron chi connectivity index (χ0n) is 12.1. The number of carbonyl (C=O) groups excluding carboxylic acids is 1. The molecule has 3 rings (SSSR count). The largest absolute Gasteiger partial charge is 0.273 e. The zero-order chi connectivity index (χ0) is 15.2. The third kappa shape index (κ3) is 4.12. The van der Waals surface area contributed by atoms with Crippen LogP contribution in [0.5, 0.6) is 0 Å². The van der Waals surface area contributed by atoms with E-state index in [1.165, 1.54) is 11.8 Å². The summed E-state index contributed by atoms with van der Waals surface area (Å²) in [4.78, 5) is 11.3. The minimum atomic E-state index is -0.00143. The second-order valence-corrected chi connectivity index (χ2v) is 5.21. The molecule has 0 aliphatic heterocycles. The van der Waals surface area contributed by atoms with Gasteiger partial charge in [0.05, 0.1) is 12.7 Å². The number of hydrazone groups is 1. The standard InChI is InChI=1S/C16H17N5O/c22-16(14-8-9-14)19-17-10-4-7-15-12-21(20-18-15)11-13-5-2-1-3-6-13/h1-7,10,12,14H,8-9,11H2,(H,19,22)/b7-4+,17-10+. The molecule has 2 aromatic rings. The van der Waals surface area contributed by atoms with Crippen LogP contribution in [0.15, 0.2) is 47.7 Å². The lowest BCUT2D eigenvalue weighted by molar-refractivity contribution is -0.122. The molecule has 112 valence electrons. The highest BCUT2D eigenvalue weighted by molar-refractivity contribution is 5.83. The molecule has 0 unspecified atom stereocenters. The Morgan fingerprint density at radius 3 is 2.95 bits per heavy atom.